The first-order chi connectivity index (χ1) is 7.47. The first kappa shape index (κ1) is 13.5. The summed E-state index contributed by atoms with van der Waals surface area (Å²) < 4.78 is 25.0. The van der Waals surface area contributed by atoms with E-state index in [1.165, 1.54) is 30.8 Å². The summed E-state index contributed by atoms with van der Waals surface area (Å²) in [6, 6.07) is 4.22. The van der Waals surface area contributed by atoms with Crippen LogP contribution in [0.15, 0.2) is 23.1 Å². The van der Waals surface area contributed by atoms with Crippen LogP contribution < -0.4 is 0 Å². The molecule has 0 heterocycles. The van der Waals surface area contributed by atoms with Crippen molar-refractivity contribution >= 4 is 29.1 Å². The van der Waals surface area contributed by atoms with Crippen molar-refractivity contribution < 1.29 is 13.6 Å². The molecule has 0 aromatic heterocycles. The zero-order chi connectivity index (χ0) is 12.3. The second kappa shape index (κ2) is 5.64. The highest BCUT2D eigenvalue weighted by molar-refractivity contribution is 7.98. The van der Waals surface area contributed by atoms with Crippen LogP contribution in [0.5, 0.6) is 0 Å². The molecule has 5 heteroatoms. The number of hydrogen-bond donors (Lipinski definition) is 0. The minimum Gasteiger partial charge on any atom is -0.298 e. The van der Waals surface area contributed by atoms with Crippen molar-refractivity contribution in [1.29, 1.82) is 0 Å². The number of carbonyl (C=O) groups is 1. The molecule has 88 valence electrons. The van der Waals surface area contributed by atoms with Crippen LogP contribution >= 0.6 is 23.4 Å². The average Bonchev–Trinajstić information content (AvgIpc) is 2.26. The van der Waals surface area contributed by atoms with Gasteiger partial charge in [0.15, 0.2) is 5.78 Å². The monoisotopic (exact) mass is 264 g/mol. The highest BCUT2D eigenvalue weighted by Gasteiger charge is 2.19. The molecule has 0 saturated heterocycles. The topological polar surface area (TPSA) is 17.1 Å². The van der Waals surface area contributed by atoms with E-state index in [-0.39, 0.29) is 11.3 Å². The predicted molar refractivity (Wildman–Crippen MR) is 62.5 cm³/mol. The molecule has 1 atom stereocenters. The third kappa shape index (κ3) is 2.95. The lowest BCUT2D eigenvalue weighted by Crippen LogP contribution is -2.04. The van der Waals surface area contributed by atoms with Gasteiger partial charge in [-0.05, 0) is 30.9 Å². The van der Waals surface area contributed by atoms with Crippen LogP contribution in [-0.2, 0) is 4.79 Å². The van der Waals surface area contributed by atoms with E-state index in [0.29, 0.717) is 5.56 Å². The van der Waals surface area contributed by atoms with E-state index < -0.39 is 11.8 Å². The van der Waals surface area contributed by atoms with E-state index in [2.05, 4.69) is 0 Å². The number of Topliss-reactive ketones (excluding diaryl/α,β-unsaturated/α-hetero) is 1. The summed E-state index contributed by atoms with van der Waals surface area (Å²) in [5.74, 6) is -0.247. The molecule has 0 amide bonds. The summed E-state index contributed by atoms with van der Waals surface area (Å²) in [7, 11) is 0. The highest BCUT2D eigenvalue weighted by atomic mass is 35.5. The molecule has 0 aliphatic heterocycles. The van der Waals surface area contributed by atoms with Crippen LogP contribution in [0.1, 0.15) is 29.9 Å². The van der Waals surface area contributed by atoms with Gasteiger partial charge in [-0.3, -0.25) is 4.79 Å². The molecule has 0 aliphatic rings. The largest absolute Gasteiger partial charge is 0.298 e. The second-order valence-corrected chi connectivity index (χ2v) is 4.56. The van der Waals surface area contributed by atoms with Crippen molar-refractivity contribution in [3.8, 4) is 0 Å². The van der Waals surface area contributed by atoms with Crippen molar-refractivity contribution in [3.05, 3.63) is 29.3 Å². The Bertz CT molecular complexity index is 396. The Hall–Kier alpha value is -0.610. The minimum atomic E-state index is -2.55. The van der Waals surface area contributed by atoms with E-state index in [0.717, 1.165) is 4.90 Å². The van der Waals surface area contributed by atoms with Crippen molar-refractivity contribution in [1.82, 2.24) is 0 Å². The fraction of sp³-hybridized carbons (Fsp3) is 0.364. The number of halogens is 3. The molecule has 1 aromatic rings. The smallest absolute Gasteiger partial charge is 0.263 e. The van der Waals surface area contributed by atoms with Crippen molar-refractivity contribution in [2.75, 3.05) is 6.26 Å². The zero-order valence-corrected chi connectivity index (χ0v) is 10.4. The SMILES string of the molecule is CSc1ccc(C(F)F)cc1C(Cl)C(C)=O. The van der Waals surface area contributed by atoms with Gasteiger partial charge in [0.2, 0.25) is 0 Å². The zero-order valence-electron chi connectivity index (χ0n) is 8.84. The molecular formula is C11H11ClF2OS. The van der Waals surface area contributed by atoms with Gasteiger partial charge in [-0.2, -0.15) is 0 Å². The lowest BCUT2D eigenvalue weighted by molar-refractivity contribution is -0.116. The van der Waals surface area contributed by atoms with Crippen molar-refractivity contribution in [2.45, 2.75) is 23.6 Å². The Morgan fingerprint density at radius 1 is 1.44 bits per heavy atom. The summed E-state index contributed by atoms with van der Waals surface area (Å²) in [6.07, 6.45) is -0.740. The number of carbonyl (C=O) groups excluding carboxylic acids is 1. The van der Waals surface area contributed by atoms with Crippen molar-refractivity contribution in [2.24, 2.45) is 0 Å². The molecule has 1 nitrogen and oxygen atoms in total. The fourth-order valence-electron chi connectivity index (χ4n) is 1.31. The van der Waals surface area contributed by atoms with E-state index >= 15 is 0 Å². The van der Waals surface area contributed by atoms with Gasteiger partial charge in [0.1, 0.15) is 5.38 Å². The molecule has 0 saturated carbocycles. The summed E-state index contributed by atoms with van der Waals surface area (Å²) in [5, 5.41) is -0.860. The molecule has 0 fully saturated rings. The third-order valence-corrected chi connectivity index (χ3v) is 3.49. The quantitative estimate of drug-likeness (QED) is 0.598. The minimum absolute atomic E-state index is 0.111. The number of thioether (sulfide) groups is 1. The Balaban J connectivity index is 3.21. The number of benzene rings is 1. The van der Waals surface area contributed by atoms with Crippen LogP contribution in [0.25, 0.3) is 0 Å². The second-order valence-electron chi connectivity index (χ2n) is 3.28. The number of alkyl halides is 3. The molecule has 16 heavy (non-hydrogen) atoms. The maximum atomic E-state index is 12.5. The fourth-order valence-corrected chi connectivity index (χ4v) is 2.17. The average molecular weight is 265 g/mol. The van der Waals surface area contributed by atoms with Gasteiger partial charge in [-0.15, -0.1) is 23.4 Å². The molecule has 0 bridgehead atoms. The molecule has 1 unspecified atom stereocenters. The first-order valence-corrected chi connectivity index (χ1v) is 6.24. The van der Waals surface area contributed by atoms with Crippen LogP contribution in [0.4, 0.5) is 8.78 Å². The maximum absolute atomic E-state index is 12.5. The van der Waals surface area contributed by atoms with E-state index in [1.807, 2.05) is 6.26 Å². The third-order valence-electron chi connectivity index (χ3n) is 2.14. The van der Waals surface area contributed by atoms with Crippen LogP contribution in [0, 0.1) is 0 Å². The number of ketones is 1. The Kier molecular flexibility index (Phi) is 4.74. The summed E-state index contributed by atoms with van der Waals surface area (Å²) >= 11 is 7.27. The number of hydrogen-bond acceptors (Lipinski definition) is 2. The van der Waals surface area contributed by atoms with Gasteiger partial charge >= 0.3 is 0 Å². The highest BCUT2D eigenvalue weighted by Crippen LogP contribution is 2.33. The molecule has 0 aliphatic carbocycles. The van der Waals surface area contributed by atoms with Gasteiger partial charge in [-0.1, -0.05) is 6.07 Å². The summed E-state index contributed by atoms with van der Waals surface area (Å²) in [4.78, 5) is 11.9. The Morgan fingerprint density at radius 3 is 2.50 bits per heavy atom. The first-order valence-electron chi connectivity index (χ1n) is 4.58. The predicted octanol–water partition coefficient (Wildman–Crippen LogP) is 4.22. The van der Waals surface area contributed by atoms with E-state index in [4.69, 9.17) is 11.6 Å². The van der Waals surface area contributed by atoms with Crippen LogP contribution in [0.2, 0.25) is 0 Å². The molecule has 0 spiro atoms. The summed E-state index contributed by atoms with van der Waals surface area (Å²) in [6.45, 7) is 1.34. The molecule has 0 radical (unpaired) electrons. The van der Waals surface area contributed by atoms with Crippen LogP contribution in [-0.4, -0.2) is 12.0 Å². The molecule has 1 aromatic carbocycles. The molecular weight excluding hydrogens is 254 g/mol. The van der Waals surface area contributed by atoms with Gasteiger partial charge in [0.05, 0.1) is 0 Å². The molecule has 0 N–H and O–H groups in total. The standard InChI is InChI=1S/C11H11ClF2OS/c1-6(15)10(12)8-5-7(11(13)14)3-4-9(8)16-2/h3-5,10-11H,1-2H3. The lowest BCUT2D eigenvalue weighted by Gasteiger charge is -2.12. The van der Waals surface area contributed by atoms with Gasteiger partial charge < -0.3 is 0 Å². The van der Waals surface area contributed by atoms with Gasteiger partial charge in [0, 0.05) is 10.5 Å². The normalized spacial score (nSPS) is 12.9. The van der Waals surface area contributed by atoms with E-state index in [1.54, 1.807) is 6.07 Å². The van der Waals surface area contributed by atoms with Crippen LogP contribution in [0.3, 0.4) is 0 Å². The van der Waals surface area contributed by atoms with Gasteiger partial charge in [0.25, 0.3) is 6.43 Å². The number of rotatable bonds is 4. The Labute approximate surface area is 102 Å². The van der Waals surface area contributed by atoms with Gasteiger partial charge in [-0.25, -0.2) is 8.78 Å². The molecule has 1 rings (SSSR count). The van der Waals surface area contributed by atoms with Crippen molar-refractivity contribution in [3.63, 3.8) is 0 Å². The summed E-state index contributed by atoms with van der Waals surface area (Å²) in [5.41, 5.74) is 0.346. The Morgan fingerprint density at radius 2 is 2.06 bits per heavy atom. The maximum Gasteiger partial charge on any atom is 0.263 e. The lowest BCUT2D eigenvalue weighted by atomic mass is 10.1. The van der Waals surface area contributed by atoms with E-state index in [9.17, 15) is 13.6 Å².